The van der Waals surface area contributed by atoms with Crippen molar-refractivity contribution < 1.29 is 14.7 Å². The van der Waals surface area contributed by atoms with Gasteiger partial charge < -0.3 is 10.1 Å². The average molecular weight is 454 g/mol. The summed E-state index contributed by atoms with van der Waals surface area (Å²) in [6.07, 6.45) is 4.61. The van der Waals surface area contributed by atoms with Crippen molar-refractivity contribution in [1.82, 2.24) is 24.5 Å². The number of carbonyl (C=O) groups is 2. The fourth-order valence-corrected chi connectivity index (χ4v) is 4.08. The molecule has 0 unspecified atom stereocenters. The maximum Gasteiger partial charge on any atom is 0.335 e. The summed E-state index contributed by atoms with van der Waals surface area (Å²) in [6.45, 7) is 0. The Morgan fingerprint density at radius 2 is 1.79 bits per heavy atom. The molecule has 34 heavy (non-hydrogen) atoms. The van der Waals surface area contributed by atoms with Crippen molar-refractivity contribution in [3.63, 3.8) is 0 Å². The second kappa shape index (κ2) is 8.47. The molecule has 2 aromatic carbocycles. The Hall–Kier alpha value is -4.46. The Labute approximate surface area is 195 Å². The fourth-order valence-electron chi connectivity index (χ4n) is 4.08. The van der Waals surface area contributed by atoms with E-state index < -0.39 is 5.97 Å². The summed E-state index contributed by atoms with van der Waals surface area (Å²) in [5.74, 6) is -1.01. The molecule has 3 heterocycles. The second-order valence-electron chi connectivity index (χ2n) is 8.35. The monoisotopic (exact) mass is 453 g/mol. The summed E-state index contributed by atoms with van der Waals surface area (Å²) >= 11 is 0. The third kappa shape index (κ3) is 4.13. The molecule has 0 bridgehead atoms. The van der Waals surface area contributed by atoms with Gasteiger partial charge in [0.25, 0.3) is 0 Å². The van der Waals surface area contributed by atoms with Crippen molar-refractivity contribution in [2.45, 2.75) is 12.8 Å². The number of H-pyrrole nitrogens is 1. The number of aromatic nitrogens is 5. The maximum absolute atomic E-state index is 12.8. The molecule has 0 radical (unpaired) electrons. The number of ketones is 1. The van der Waals surface area contributed by atoms with Crippen molar-refractivity contribution in [3.05, 3.63) is 83.8 Å². The van der Waals surface area contributed by atoms with E-state index in [9.17, 15) is 9.59 Å². The molecule has 0 aliphatic carbocycles. The number of carbonyl (C=O) groups excluding carboxylic acids is 1. The van der Waals surface area contributed by atoms with Crippen LogP contribution in [0.25, 0.3) is 33.4 Å². The number of carboxylic acid groups (broad SMARTS) is 1. The van der Waals surface area contributed by atoms with Crippen LogP contribution in [-0.2, 0) is 20.5 Å². The number of hydrogen-bond acceptors (Lipinski definition) is 4. The molecule has 8 nitrogen and oxygen atoms in total. The topological polar surface area (TPSA) is 106 Å². The van der Waals surface area contributed by atoms with Crippen LogP contribution >= 0.6 is 0 Å². The number of nitrogens with one attached hydrogen (secondary N) is 1. The molecule has 0 aliphatic rings. The molecular weight excluding hydrogens is 430 g/mol. The standard InChI is InChI=1S/C26H23N5O3/c1-30-15-20(14-27-30)22-12-19-11-18(8-9-21(19)28-22)24-13-23(29-31(24)2)25(32)10-5-16-3-6-17(7-4-16)26(33)34/h3-4,6-9,11-15,28H,5,10H2,1-2H3,(H,33,34). The Morgan fingerprint density at radius 3 is 2.50 bits per heavy atom. The minimum Gasteiger partial charge on any atom is -0.478 e. The average Bonchev–Trinajstić information content (AvgIpc) is 3.55. The fraction of sp³-hybridized carbons (Fsp3) is 0.154. The number of aromatic amines is 1. The van der Waals surface area contributed by atoms with Crippen LogP contribution in [0, 0.1) is 0 Å². The van der Waals surface area contributed by atoms with Gasteiger partial charge in [-0.2, -0.15) is 10.2 Å². The van der Waals surface area contributed by atoms with E-state index in [1.165, 1.54) is 0 Å². The minimum absolute atomic E-state index is 0.0502. The number of aromatic carboxylic acids is 1. The quantitative estimate of drug-likeness (QED) is 0.354. The van der Waals surface area contributed by atoms with Crippen molar-refractivity contribution in [3.8, 4) is 22.5 Å². The molecule has 8 heteroatoms. The van der Waals surface area contributed by atoms with Gasteiger partial charge in [-0.15, -0.1) is 0 Å². The number of nitrogens with zero attached hydrogens (tertiary/aromatic N) is 4. The van der Waals surface area contributed by atoms with E-state index in [2.05, 4.69) is 27.3 Å². The third-order valence-corrected chi connectivity index (χ3v) is 5.94. The lowest BCUT2D eigenvalue weighted by Gasteiger charge is -2.01. The highest BCUT2D eigenvalue weighted by Gasteiger charge is 2.15. The van der Waals surface area contributed by atoms with Gasteiger partial charge in [0.1, 0.15) is 5.69 Å². The van der Waals surface area contributed by atoms with Gasteiger partial charge in [0, 0.05) is 54.4 Å². The predicted octanol–water partition coefficient (Wildman–Crippen LogP) is 4.48. The van der Waals surface area contributed by atoms with E-state index in [1.54, 1.807) is 33.6 Å². The van der Waals surface area contributed by atoms with Crippen molar-refractivity contribution in [2.75, 3.05) is 0 Å². The van der Waals surface area contributed by atoms with Gasteiger partial charge in [-0.25, -0.2) is 4.79 Å². The summed E-state index contributed by atoms with van der Waals surface area (Å²) in [5, 5.41) is 18.7. The van der Waals surface area contributed by atoms with Crippen molar-refractivity contribution >= 4 is 22.7 Å². The number of benzene rings is 2. The molecule has 0 saturated heterocycles. The Kier molecular flexibility index (Phi) is 5.33. The van der Waals surface area contributed by atoms with Gasteiger partial charge >= 0.3 is 5.97 Å². The van der Waals surface area contributed by atoms with Crippen LogP contribution in [-0.4, -0.2) is 41.4 Å². The smallest absolute Gasteiger partial charge is 0.335 e. The Morgan fingerprint density at radius 1 is 1.00 bits per heavy atom. The molecule has 0 amide bonds. The molecule has 5 aromatic rings. The molecule has 0 aliphatic heterocycles. The largest absolute Gasteiger partial charge is 0.478 e. The first-order chi connectivity index (χ1) is 16.4. The molecule has 3 aromatic heterocycles. The lowest BCUT2D eigenvalue weighted by molar-refractivity contribution is 0.0696. The normalized spacial score (nSPS) is 11.2. The van der Waals surface area contributed by atoms with Crippen LogP contribution in [0.5, 0.6) is 0 Å². The van der Waals surface area contributed by atoms with Gasteiger partial charge in [-0.1, -0.05) is 18.2 Å². The highest BCUT2D eigenvalue weighted by atomic mass is 16.4. The third-order valence-electron chi connectivity index (χ3n) is 5.94. The van der Waals surface area contributed by atoms with Crippen molar-refractivity contribution in [1.29, 1.82) is 0 Å². The number of Topliss-reactive ketones (excluding diaryl/α,β-unsaturated/α-hetero) is 1. The number of fused-ring (bicyclic) bond motifs is 1. The molecule has 0 atom stereocenters. The molecule has 5 rings (SSSR count). The van der Waals surface area contributed by atoms with Gasteiger partial charge in [-0.3, -0.25) is 14.2 Å². The van der Waals surface area contributed by atoms with Crippen LogP contribution in [0.1, 0.15) is 32.8 Å². The van der Waals surface area contributed by atoms with E-state index in [0.29, 0.717) is 18.5 Å². The molecular formula is C26H23N5O3. The van der Waals surface area contributed by atoms with Gasteiger partial charge in [-0.05, 0) is 48.4 Å². The van der Waals surface area contributed by atoms with Gasteiger partial charge in [0.05, 0.1) is 17.5 Å². The van der Waals surface area contributed by atoms with Crippen molar-refractivity contribution in [2.24, 2.45) is 14.1 Å². The molecule has 170 valence electrons. The number of hydrogen-bond donors (Lipinski definition) is 2. The molecule has 0 fully saturated rings. The summed E-state index contributed by atoms with van der Waals surface area (Å²) in [6, 6.07) is 16.6. The first-order valence-corrected chi connectivity index (χ1v) is 10.9. The van der Waals surface area contributed by atoms with Gasteiger partial charge in [0.15, 0.2) is 5.78 Å². The Bertz CT molecular complexity index is 1520. The van der Waals surface area contributed by atoms with Crippen LogP contribution in [0.3, 0.4) is 0 Å². The van der Waals surface area contributed by atoms with Crippen LogP contribution < -0.4 is 0 Å². The van der Waals surface area contributed by atoms with Crippen LogP contribution in [0.4, 0.5) is 0 Å². The first kappa shape index (κ1) is 21.4. The molecule has 0 saturated carbocycles. The van der Waals surface area contributed by atoms with E-state index >= 15 is 0 Å². The minimum atomic E-state index is -0.963. The SMILES string of the molecule is Cn1cc(-c2cc3cc(-c4cc(C(=O)CCc5ccc(C(=O)O)cc5)nn4C)ccc3[nH]2)cn1. The lowest BCUT2D eigenvalue weighted by atomic mass is 10.0. The number of aryl methyl sites for hydroxylation is 3. The molecule has 2 N–H and O–H groups in total. The zero-order chi connectivity index (χ0) is 23.8. The number of carboxylic acids is 1. The maximum atomic E-state index is 12.8. The highest BCUT2D eigenvalue weighted by Crippen LogP contribution is 2.29. The van der Waals surface area contributed by atoms with E-state index in [1.807, 2.05) is 44.7 Å². The number of rotatable bonds is 7. The zero-order valence-corrected chi connectivity index (χ0v) is 18.8. The van der Waals surface area contributed by atoms with Crippen LogP contribution in [0.15, 0.2) is 67.0 Å². The lowest BCUT2D eigenvalue weighted by Crippen LogP contribution is -2.03. The summed E-state index contributed by atoms with van der Waals surface area (Å²) in [5.41, 5.74) is 6.44. The highest BCUT2D eigenvalue weighted by molar-refractivity contribution is 5.96. The zero-order valence-electron chi connectivity index (χ0n) is 18.8. The predicted molar refractivity (Wildman–Crippen MR) is 129 cm³/mol. The van der Waals surface area contributed by atoms with Gasteiger partial charge in [0.2, 0.25) is 0 Å². The summed E-state index contributed by atoms with van der Waals surface area (Å²) < 4.78 is 3.50. The summed E-state index contributed by atoms with van der Waals surface area (Å²) in [4.78, 5) is 27.2. The van der Waals surface area contributed by atoms with E-state index in [-0.39, 0.29) is 11.3 Å². The van der Waals surface area contributed by atoms with E-state index in [4.69, 9.17) is 5.11 Å². The molecule has 0 spiro atoms. The Balaban J connectivity index is 1.34. The van der Waals surface area contributed by atoms with E-state index in [0.717, 1.165) is 39.0 Å². The first-order valence-electron chi connectivity index (χ1n) is 10.9. The second-order valence-corrected chi connectivity index (χ2v) is 8.35. The summed E-state index contributed by atoms with van der Waals surface area (Å²) in [7, 11) is 3.72. The van der Waals surface area contributed by atoms with Crippen LogP contribution in [0.2, 0.25) is 0 Å².